The molecule has 0 amide bonds. The van der Waals surface area contributed by atoms with Crippen molar-refractivity contribution in [2.45, 2.75) is 20.4 Å². The molecular weight excluding hydrogens is 289 g/mol. The van der Waals surface area contributed by atoms with Crippen LogP contribution in [0.2, 0.25) is 0 Å². The Balaban J connectivity index is 1.92. The zero-order valence-electron chi connectivity index (χ0n) is 12.0. The van der Waals surface area contributed by atoms with Crippen LogP contribution in [0, 0.1) is 11.7 Å². The third kappa shape index (κ3) is 4.78. The molecule has 0 atom stereocenters. The Morgan fingerprint density at radius 2 is 2.14 bits per heavy atom. The fourth-order valence-electron chi connectivity index (χ4n) is 1.67. The van der Waals surface area contributed by atoms with Crippen LogP contribution < -0.4 is 10.6 Å². The number of benzene rings is 1. The van der Waals surface area contributed by atoms with Crippen LogP contribution in [0.1, 0.15) is 19.4 Å². The second kappa shape index (κ2) is 7.12. The molecule has 0 spiro atoms. The highest BCUT2D eigenvalue weighted by molar-refractivity contribution is 7.80. The SMILES string of the molecule is CC(C)CNC(=S)Nc1ncn(Cc2ccccc2F)n1. The Morgan fingerprint density at radius 1 is 1.38 bits per heavy atom. The monoisotopic (exact) mass is 307 g/mol. The summed E-state index contributed by atoms with van der Waals surface area (Å²) < 4.78 is 15.1. The summed E-state index contributed by atoms with van der Waals surface area (Å²) in [5.74, 6) is 0.639. The van der Waals surface area contributed by atoms with E-state index in [1.54, 1.807) is 29.2 Å². The molecule has 0 saturated carbocycles. The molecule has 7 heteroatoms. The van der Waals surface area contributed by atoms with Crippen LogP contribution in [-0.4, -0.2) is 26.4 Å². The average molecular weight is 307 g/mol. The van der Waals surface area contributed by atoms with Crippen LogP contribution in [0.5, 0.6) is 0 Å². The first-order valence-corrected chi connectivity index (χ1v) is 7.13. The molecule has 1 aromatic heterocycles. The molecule has 0 radical (unpaired) electrons. The molecule has 0 unspecified atom stereocenters. The van der Waals surface area contributed by atoms with Gasteiger partial charge >= 0.3 is 0 Å². The zero-order valence-corrected chi connectivity index (χ0v) is 12.8. The highest BCUT2D eigenvalue weighted by atomic mass is 32.1. The quantitative estimate of drug-likeness (QED) is 0.831. The molecule has 0 aliphatic carbocycles. The first-order chi connectivity index (χ1) is 10.0. The molecule has 0 saturated heterocycles. The van der Waals surface area contributed by atoms with E-state index in [2.05, 4.69) is 34.6 Å². The van der Waals surface area contributed by atoms with Crippen molar-refractivity contribution in [3.05, 3.63) is 42.0 Å². The van der Waals surface area contributed by atoms with Gasteiger partial charge < -0.3 is 5.32 Å². The lowest BCUT2D eigenvalue weighted by atomic mass is 10.2. The molecule has 112 valence electrons. The van der Waals surface area contributed by atoms with E-state index in [1.165, 1.54) is 6.07 Å². The molecule has 2 aromatic rings. The maximum absolute atomic E-state index is 13.6. The number of nitrogens with zero attached hydrogens (tertiary/aromatic N) is 3. The van der Waals surface area contributed by atoms with Gasteiger partial charge in [-0.05, 0) is 24.2 Å². The summed E-state index contributed by atoms with van der Waals surface area (Å²) in [4.78, 5) is 4.10. The summed E-state index contributed by atoms with van der Waals surface area (Å²) in [7, 11) is 0. The summed E-state index contributed by atoms with van der Waals surface area (Å²) in [6.45, 7) is 5.29. The van der Waals surface area contributed by atoms with Crippen LogP contribution in [0.3, 0.4) is 0 Å². The number of halogens is 1. The fraction of sp³-hybridized carbons (Fsp3) is 0.357. The summed E-state index contributed by atoms with van der Waals surface area (Å²) >= 11 is 5.14. The molecule has 0 aliphatic heterocycles. The van der Waals surface area contributed by atoms with Crippen LogP contribution in [0.15, 0.2) is 30.6 Å². The Hall–Kier alpha value is -2.02. The lowest BCUT2D eigenvalue weighted by Crippen LogP contribution is -2.31. The van der Waals surface area contributed by atoms with Crippen LogP contribution in [-0.2, 0) is 6.54 Å². The van der Waals surface area contributed by atoms with Crippen molar-refractivity contribution >= 4 is 23.3 Å². The van der Waals surface area contributed by atoms with E-state index in [0.29, 0.717) is 29.1 Å². The second-order valence-corrected chi connectivity index (χ2v) is 5.49. The van der Waals surface area contributed by atoms with Crippen molar-refractivity contribution < 1.29 is 4.39 Å². The van der Waals surface area contributed by atoms with Crippen LogP contribution in [0.25, 0.3) is 0 Å². The van der Waals surface area contributed by atoms with Crippen molar-refractivity contribution in [2.75, 3.05) is 11.9 Å². The fourth-order valence-corrected chi connectivity index (χ4v) is 1.85. The molecule has 5 nitrogen and oxygen atoms in total. The molecule has 0 fully saturated rings. The van der Waals surface area contributed by atoms with E-state index in [1.807, 2.05) is 0 Å². The van der Waals surface area contributed by atoms with Gasteiger partial charge in [-0.25, -0.2) is 14.1 Å². The summed E-state index contributed by atoms with van der Waals surface area (Å²) in [6.07, 6.45) is 1.54. The van der Waals surface area contributed by atoms with E-state index in [-0.39, 0.29) is 5.82 Å². The number of hydrogen-bond acceptors (Lipinski definition) is 3. The first-order valence-electron chi connectivity index (χ1n) is 6.72. The minimum Gasteiger partial charge on any atom is -0.362 e. The van der Waals surface area contributed by atoms with Crippen molar-refractivity contribution in [3.63, 3.8) is 0 Å². The Bertz CT molecular complexity index is 611. The molecular formula is C14H18FN5S. The minimum absolute atomic E-state index is 0.253. The topological polar surface area (TPSA) is 54.8 Å². The smallest absolute Gasteiger partial charge is 0.248 e. The van der Waals surface area contributed by atoms with E-state index in [4.69, 9.17) is 12.2 Å². The van der Waals surface area contributed by atoms with E-state index in [9.17, 15) is 4.39 Å². The van der Waals surface area contributed by atoms with Gasteiger partial charge in [-0.3, -0.25) is 5.32 Å². The number of anilines is 1. The normalized spacial score (nSPS) is 10.7. The van der Waals surface area contributed by atoms with E-state index in [0.717, 1.165) is 6.54 Å². The van der Waals surface area contributed by atoms with Crippen LogP contribution in [0.4, 0.5) is 10.3 Å². The molecule has 1 aromatic carbocycles. The summed E-state index contributed by atoms with van der Waals surface area (Å²) in [5, 5.41) is 10.7. The lowest BCUT2D eigenvalue weighted by Gasteiger charge is -2.09. The maximum Gasteiger partial charge on any atom is 0.248 e. The van der Waals surface area contributed by atoms with Gasteiger partial charge in [0.15, 0.2) is 5.11 Å². The third-order valence-corrected chi connectivity index (χ3v) is 2.97. The predicted molar refractivity (Wildman–Crippen MR) is 84.6 cm³/mol. The molecule has 21 heavy (non-hydrogen) atoms. The van der Waals surface area contributed by atoms with Crippen molar-refractivity contribution in [1.29, 1.82) is 0 Å². The average Bonchev–Trinajstić information content (AvgIpc) is 2.86. The third-order valence-electron chi connectivity index (χ3n) is 2.72. The molecule has 0 bridgehead atoms. The van der Waals surface area contributed by atoms with Gasteiger partial charge in [0.25, 0.3) is 0 Å². The van der Waals surface area contributed by atoms with Gasteiger partial charge in [-0.1, -0.05) is 32.0 Å². The number of rotatable bonds is 5. The predicted octanol–water partition coefficient (Wildman–Crippen LogP) is 2.41. The second-order valence-electron chi connectivity index (χ2n) is 5.09. The van der Waals surface area contributed by atoms with Crippen molar-refractivity contribution in [1.82, 2.24) is 20.1 Å². The molecule has 1 heterocycles. The van der Waals surface area contributed by atoms with Crippen LogP contribution >= 0.6 is 12.2 Å². The Labute approximate surface area is 128 Å². The number of hydrogen-bond donors (Lipinski definition) is 2. The van der Waals surface area contributed by atoms with E-state index < -0.39 is 0 Å². The highest BCUT2D eigenvalue weighted by Gasteiger charge is 2.06. The largest absolute Gasteiger partial charge is 0.362 e. The Morgan fingerprint density at radius 3 is 2.86 bits per heavy atom. The summed E-state index contributed by atoms with van der Waals surface area (Å²) in [6, 6.07) is 6.60. The molecule has 0 aliphatic rings. The lowest BCUT2D eigenvalue weighted by molar-refractivity contribution is 0.585. The maximum atomic E-state index is 13.6. The summed E-state index contributed by atoms with van der Waals surface area (Å²) in [5.41, 5.74) is 0.564. The van der Waals surface area contributed by atoms with E-state index >= 15 is 0 Å². The van der Waals surface area contributed by atoms with Gasteiger partial charge in [0.05, 0.1) is 6.54 Å². The van der Waals surface area contributed by atoms with Gasteiger partial charge in [-0.2, -0.15) is 0 Å². The van der Waals surface area contributed by atoms with Crippen molar-refractivity contribution in [3.8, 4) is 0 Å². The van der Waals surface area contributed by atoms with Gasteiger partial charge in [-0.15, -0.1) is 5.10 Å². The zero-order chi connectivity index (χ0) is 15.2. The highest BCUT2D eigenvalue weighted by Crippen LogP contribution is 2.08. The minimum atomic E-state index is -0.253. The molecule has 2 N–H and O–H groups in total. The standard InChI is InChI=1S/C14H18FN5S/c1-10(2)7-16-14(21)18-13-17-9-20(19-13)8-11-5-3-4-6-12(11)15/h3-6,9-10H,7-8H2,1-2H3,(H2,16,18,19,21). The number of nitrogens with one attached hydrogen (secondary N) is 2. The van der Waals surface area contributed by atoms with Gasteiger partial charge in [0.1, 0.15) is 12.1 Å². The molecule has 2 rings (SSSR count). The Kier molecular flexibility index (Phi) is 5.21. The number of aromatic nitrogens is 3. The number of thiocarbonyl (C=S) groups is 1. The van der Waals surface area contributed by atoms with Crippen molar-refractivity contribution in [2.24, 2.45) is 5.92 Å². The first kappa shape index (κ1) is 15.4. The van der Waals surface area contributed by atoms with Gasteiger partial charge in [0.2, 0.25) is 5.95 Å². The van der Waals surface area contributed by atoms with Gasteiger partial charge in [0, 0.05) is 12.1 Å².